The number of aryl methyl sites for hydroxylation is 1. The predicted octanol–water partition coefficient (Wildman–Crippen LogP) is 0.742. The van der Waals surface area contributed by atoms with Crippen LogP contribution in [0.3, 0.4) is 0 Å². The van der Waals surface area contributed by atoms with E-state index >= 15 is 0 Å². The van der Waals surface area contributed by atoms with Crippen molar-refractivity contribution in [3.8, 4) is 6.07 Å². The highest BCUT2D eigenvalue weighted by Gasteiger charge is 2.24. The van der Waals surface area contributed by atoms with E-state index in [4.69, 9.17) is 11.0 Å². The lowest BCUT2D eigenvalue weighted by Gasteiger charge is -2.19. The maximum Gasteiger partial charge on any atom is 0.332 e. The summed E-state index contributed by atoms with van der Waals surface area (Å²) in [6.07, 6.45) is 0. The number of hydrogen-bond donors (Lipinski definition) is 1. The molecule has 0 aliphatic carbocycles. The molecule has 0 fully saturated rings. The van der Waals surface area contributed by atoms with Gasteiger partial charge in [-0.05, 0) is 6.92 Å². The van der Waals surface area contributed by atoms with Gasteiger partial charge in [0.2, 0.25) is 0 Å². The third-order valence-electron chi connectivity index (χ3n) is 4.06. The van der Waals surface area contributed by atoms with Gasteiger partial charge < -0.3 is 5.73 Å². The highest BCUT2D eigenvalue weighted by Crippen LogP contribution is 2.27. The largest absolute Gasteiger partial charge is 0.401 e. The number of carbonyl (C=O) groups excluding carboxylic acids is 1. The topological polar surface area (TPSA) is 137 Å². The van der Waals surface area contributed by atoms with Gasteiger partial charge in [0.1, 0.15) is 27.9 Å². The molecule has 0 amide bonds. The van der Waals surface area contributed by atoms with E-state index < -0.39 is 22.4 Å². The van der Waals surface area contributed by atoms with E-state index in [0.717, 1.165) is 16.3 Å². The smallest absolute Gasteiger partial charge is 0.332 e. The summed E-state index contributed by atoms with van der Waals surface area (Å²) in [4.78, 5) is 46.2. The Balaban J connectivity index is 2.72. The number of nitrogens with zero attached hydrogens (tertiary/aromatic N) is 5. The summed E-state index contributed by atoms with van der Waals surface area (Å²) in [7, 11) is 2.90. The van der Waals surface area contributed by atoms with Gasteiger partial charge >= 0.3 is 5.69 Å². The first-order valence-corrected chi connectivity index (χ1v) is 9.39. The minimum absolute atomic E-state index is 0.123. The van der Waals surface area contributed by atoms with Crippen LogP contribution in [0.2, 0.25) is 0 Å². The van der Waals surface area contributed by atoms with Crippen molar-refractivity contribution in [3.63, 3.8) is 0 Å². The maximum absolute atomic E-state index is 12.7. The molecule has 0 unspecified atom stereocenters. The number of thioether (sulfide) groups is 1. The van der Waals surface area contributed by atoms with Gasteiger partial charge in [0, 0.05) is 25.2 Å². The molecule has 0 bridgehead atoms. The summed E-state index contributed by atoms with van der Waals surface area (Å²) in [5.41, 5.74) is 4.30. The summed E-state index contributed by atoms with van der Waals surface area (Å²) in [5, 5.41) is 9.54. The quantitative estimate of drug-likeness (QED) is 0.342. The van der Waals surface area contributed by atoms with Crippen molar-refractivity contribution in [2.24, 2.45) is 19.8 Å². The maximum atomic E-state index is 12.7. The SMILES string of the molecule is C/C(N)=C(/C#N)C(=O)CSc1nc(C(C)(C)C)nc2c1c(=O)n(C)c(=O)n2C. The van der Waals surface area contributed by atoms with Crippen LogP contribution in [-0.2, 0) is 24.3 Å². The van der Waals surface area contributed by atoms with Crippen LogP contribution in [0.15, 0.2) is 25.9 Å². The van der Waals surface area contributed by atoms with Crippen LogP contribution in [0.4, 0.5) is 0 Å². The Labute approximate surface area is 165 Å². The number of fused-ring (bicyclic) bond motifs is 1. The minimum atomic E-state index is -0.542. The summed E-state index contributed by atoms with van der Waals surface area (Å²) in [5.74, 6) is -0.151. The van der Waals surface area contributed by atoms with E-state index in [2.05, 4.69) is 9.97 Å². The van der Waals surface area contributed by atoms with Crippen LogP contribution < -0.4 is 17.0 Å². The predicted molar refractivity (Wildman–Crippen MR) is 107 cm³/mol. The molecule has 0 saturated heterocycles. The van der Waals surface area contributed by atoms with Gasteiger partial charge in [0.25, 0.3) is 5.56 Å². The molecule has 9 nitrogen and oxygen atoms in total. The molecule has 0 saturated carbocycles. The Hall–Kier alpha value is -2.93. The van der Waals surface area contributed by atoms with Crippen molar-refractivity contribution in [2.45, 2.75) is 38.1 Å². The van der Waals surface area contributed by atoms with Crippen molar-refractivity contribution in [2.75, 3.05) is 5.75 Å². The number of carbonyl (C=O) groups is 1. The lowest BCUT2D eigenvalue weighted by atomic mass is 9.96. The molecule has 2 rings (SSSR count). The van der Waals surface area contributed by atoms with Crippen LogP contribution in [0, 0.1) is 11.3 Å². The van der Waals surface area contributed by atoms with Gasteiger partial charge in [-0.25, -0.2) is 14.8 Å². The lowest BCUT2D eigenvalue weighted by molar-refractivity contribution is -0.112. The molecule has 0 radical (unpaired) electrons. The molecule has 2 heterocycles. The Bertz CT molecular complexity index is 1160. The van der Waals surface area contributed by atoms with Crippen LogP contribution in [0.1, 0.15) is 33.5 Å². The number of Topliss-reactive ketones (excluding diaryl/α,β-unsaturated/α-hetero) is 1. The fourth-order valence-corrected chi connectivity index (χ4v) is 3.33. The zero-order valence-electron chi connectivity index (χ0n) is 16.7. The first-order chi connectivity index (χ1) is 12.9. The number of nitrogens with two attached hydrogens (primary N) is 1. The number of allylic oxidation sites excluding steroid dienone is 2. The van der Waals surface area contributed by atoms with Crippen molar-refractivity contribution >= 4 is 28.6 Å². The van der Waals surface area contributed by atoms with Gasteiger partial charge in [-0.15, -0.1) is 0 Å². The van der Waals surface area contributed by atoms with E-state index in [1.807, 2.05) is 20.8 Å². The van der Waals surface area contributed by atoms with Crippen molar-refractivity contribution in [1.82, 2.24) is 19.1 Å². The van der Waals surface area contributed by atoms with E-state index in [1.54, 1.807) is 6.07 Å². The fourth-order valence-electron chi connectivity index (χ4n) is 2.45. The highest BCUT2D eigenvalue weighted by atomic mass is 32.2. The van der Waals surface area contributed by atoms with E-state index in [1.165, 1.54) is 25.6 Å². The second kappa shape index (κ2) is 7.59. The van der Waals surface area contributed by atoms with Crippen molar-refractivity contribution < 1.29 is 4.79 Å². The third-order valence-corrected chi connectivity index (χ3v) is 5.04. The average Bonchev–Trinajstić information content (AvgIpc) is 2.61. The van der Waals surface area contributed by atoms with E-state index in [9.17, 15) is 14.4 Å². The number of rotatable bonds is 4. The summed E-state index contributed by atoms with van der Waals surface area (Å²) < 4.78 is 2.25. The highest BCUT2D eigenvalue weighted by molar-refractivity contribution is 8.00. The number of hydrogen-bond acceptors (Lipinski definition) is 8. The second-order valence-electron chi connectivity index (χ2n) is 7.39. The Morgan fingerprint density at radius 2 is 1.82 bits per heavy atom. The zero-order chi connectivity index (χ0) is 21.4. The molecule has 28 heavy (non-hydrogen) atoms. The molecule has 2 aromatic rings. The lowest BCUT2D eigenvalue weighted by Crippen LogP contribution is -2.38. The summed E-state index contributed by atoms with van der Waals surface area (Å²) in [6.45, 7) is 7.19. The molecule has 2 aromatic heterocycles. The Kier molecular flexibility index (Phi) is 5.80. The van der Waals surface area contributed by atoms with Gasteiger partial charge in [-0.1, -0.05) is 32.5 Å². The van der Waals surface area contributed by atoms with Crippen molar-refractivity contribution in [3.05, 3.63) is 37.9 Å². The Morgan fingerprint density at radius 3 is 2.32 bits per heavy atom. The van der Waals surface area contributed by atoms with Crippen LogP contribution in [0.5, 0.6) is 0 Å². The minimum Gasteiger partial charge on any atom is -0.401 e. The zero-order valence-corrected chi connectivity index (χ0v) is 17.5. The molecular formula is C18H22N6O3S. The van der Waals surface area contributed by atoms with Crippen LogP contribution >= 0.6 is 11.8 Å². The molecule has 2 N–H and O–H groups in total. The van der Waals surface area contributed by atoms with Crippen LogP contribution in [0.25, 0.3) is 11.0 Å². The standard InChI is InChI=1S/C18H22N6O3S/c1-9(20)10(7-19)11(25)8-28-14-12-13(21-16(22-14)18(2,3)4)23(5)17(27)24(6)15(12)26/h8,20H2,1-6H3/b10-9+. The Morgan fingerprint density at radius 1 is 1.21 bits per heavy atom. The first-order valence-electron chi connectivity index (χ1n) is 8.40. The molecule has 10 heteroatoms. The van der Waals surface area contributed by atoms with E-state index in [0.29, 0.717) is 5.82 Å². The van der Waals surface area contributed by atoms with Gasteiger partial charge in [-0.3, -0.25) is 18.7 Å². The van der Waals surface area contributed by atoms with Crippen molar-refractivity contribution in [1.29, 1.82) is 5.26 Å². The molecule has 0 aliphatic heterocycles. The third kappa shape index (κ3) is 3.84. The summed E-state index contributed by atoms with van der Waals surface area (Å²) >= 11 is 1.02. The van der Waals surface area contributed by atoms with E-state index in [-0.39, 0.29) is 33.1 Å². The molecule has 0 spiro atoms. The van der Waals surface area contributed by atoms with Gasteiger partial charge in [-0.2, -0.15) is 5.26 Å². The summed E-state index contributed by atoms with van der Waals surface area (Å²) in [6, 6.07) is 1.80. The van der Waals surface area contributed by atoms with Gasteiger partial charge in [0.05, 0.1) is 5.75 Å². The monoisotopic (exact) mass is 402 g/mol. The molecule has 0 aromatic carbocycles. The number of nitriles is 1. The second-order valence-corrected chi connectivity index (χ2v) is 8.35. The van der Waals surface area contributed by atoms with Gasteiger partial charge in [0.15, 0.2) is 11.4 Å². The number of aromatic nitrogens is 4. The molecule has 148 valence electrons. The molecule has 0 atom stereocenters. The molecular weight excluding hydrogens is 380 g/mol. The normalized spacial score (nSPS) is 12.6. The fraction of sp³-hybridized carbons (Fsp3) is 0.444. The van der Waals surface area contributed by atoms with Crippen LogP contribution in [-0.4, -0.2) is 30.6 Å². The average molecular weight is 402 g/mol. The number of ketones is 1. The first kappa shape index (κ1) is 21.4. The molecule has 0 aliphatic rings.